The van der Waals surface area contributed by atoms with E-state index in [0.29, 0.717) is 25.8 Å². The third kappa shape index (κ3) is 6.44. The first-order chi connectivity index (χ1) is 14.5. The van der Waals surface area contributed by atoms with E-state index in [1.165, 1.54) is 0 Å². The molecule has 3 aliphatic rings. The zero-order chi connectivity index (χ0) is 22.8. The summed E-state index contributed by atoms with van der Waals surface area (Å²) in [6.07, 6.45) is -4.26. The molecule has 11 heteroatoms. The predicted octanol–water partition coefficient (Wildman–Crippen LogP) is 3.23. The van der Waals surface area contributed by atoms with Crippen molar-refractivity contribution in [2.45, 2.75) is 82.3 Å². The molecule has 0 aromatic heterocycles. The number of amides is 1. The second kappa shape index (κ2) is 10.2. The van der Waals surface area contributed by atoms with Crippen molar-refractivity contribution >= 4 is 23.5 Å². The second-order valence-corrected chi connectivity index (χ2v) is 9.91. The summed E-state index contributed by atoms with van der Waals surface area (Å²) >= 11 is 5.92. The highest BCUT2D eigenvalue weighted by Gasteiger charge is 2.48. The number of nitrogens with one attached hydrogen (secondary N) is 4. The van der Waals surface area contributed by atoms with Gasteiger partial charge in [-0.3, -0.25) is 20.5 Å². The van der Waals surface area contributed by atoms with Crippen LogP contribution in [0.25, 0.3) is 0 Å². The molecule has 0 bridgehead atoms. The van der Waals surface area contributed by atoms with E-state index in [0.717, 1.165) is 0 Å². The van der Waals surface area contributed by atoms with Gasteiger partial charge in [0.05, 0.1) is 17.5 Å². The van der Waals surface area contributed by atoms with E-state index in [1.807, 2.05) is 13.8 Å². The van der Waals surface area contributed by atoms with Gasteiger partial charge in [-0.25, -0.2) is 9.82 Å². The second-order valence-electron chi connectivity index (χ2n) is 9.35. The van der Waals surface area contributed by atoms with Gasteiger partial charge in [0.2, 0.25) is 5.91 Å². The van der Waals surface area contributed by atoms with Gasteiger partial charge in [-0.1, -0.05) is 13.8 Å². The Morgan fingerprint density at radius 3 is 2.55 bits per heavy atom. The normalized spacial score (nSPS) is 36.9. The number of rotatable bonds is 4. The molecule has 1 aliphatic heterocycles. The van der Waals surface area contributed by atoms with Gasteiger partial charge in [-0.15, -0.1) is 11.6 Å². The van der Waals surface area contributed by atoms with Crippen LogP contribution >= 0.6 is 11.6 Å². The van der Waals surface area contributed by atoms with Crippen LogP contribution in [0.2, 0.25) is 0 Å². The Hall–Kier alpha value is -1.13. The highest BCUT2D eigenvalue weighted by Crippen LogP contribution is 2.41. The van der Waals surface area contributed by atoms with Crippen LogP contribution in [-0.2, 0) is 4.79 Å². The van der Waals surface area contributed by atoms with Crippen molar-refractivity contribution in [3.05, 3.63) is 0 Å². The minimum absolute atomic E-state index is 0.0176. The van der Waals surface area contributed by atoms with Crippen LogP contribution in [0.3, 0.4) is 0 Å². The van der Waals surface area contributed by atoms with Crippen LogP contribution in [0, 0.1) is 23.7 Å². The summed E-state index contributed by atoms with van der Waals surface area (Å²) in [5.74, 6) is -1.66. The van der Waals surface area contributed by atoms with Gasteiger partial charge in [-0.05, 0) is 44.4 Å². The number of guanidine groups is 1. The summed E-state index contributed by atoms with van der Waals surface area (Å²) in [4.78, 5) is 17.2. The Morgan fingerprint density at radius 2 is 1.90 bits per heavy atom. The standard InChI is InChI=1S/C20H32ClF4N5O/c1-10(2)9-26-19(28-18(31)11-3-6-14(21)15(22)7-11)27-17-13-5-4-12(20(23,24)25)8-16(13)29-30-17/h10-17,29-30H,3-9H2,1-2H3,(H2,26,27,28,31). The van der Waals surface area contributed by atoms with Gasteiger partial charge in [0.1, 0.15) is 6.17 Å². The van der Waals surface area contributed by atoms with Crippen molar-refractivity contribution < 1.29 is 22.4 Å². The van der Waals surface area contributed by atoms with E-state index in [4.69, 9.17) is 11.6 Å². The Labute approximate surface area is 185 Å². The number of aliphatic imine (C=N–C) groups is 1. The number of hydrogen-bond acceptors (Lipinski definition) is 4. The predicted molar refractivity (Wildman–Crippen MR) is 111 cm³/mol. The van der Waals surface area contributed by atoms with E-state index in [1.54, 1.807) is 0 Å². The van der Waals surface area contributed by atoms with Crippen LogP contribution in [0.5, 0.6) is 0 Å². The first-order valence-corrected chi connectivity index (χ1v) is 11.5. The Balaban J connectivity index is 1.61. The lowest BCUT2D eigenvalue weighted by Gasteiger charge is -2.34. The summed E-state index contributed by atoms with van der Waals surface area (Å²) < 4.78 is 53.2. The highest BCUT2D eigenvalue weighted by atomic mass is 35.5. The zero-order valence-electron chi connectivity index (χ0n) is 17.8. The summed E-state index contributed by atoms with van der Waals surface area (Å²) in [5, 5.41) is 5.37. The quantitative estimate of drug-likeness (QED) is 0.221. The van der Waals surface area contributed by atoms with E-state index in [-0.39, 0.29) is 55.2 Å². The lowest BCUT2D eigenvalue weighted by Crippen LogP contribution is -2.54. The number of hydrazine groups is 1. The first kappa shape index (κ1) is 24.5. The smallest absolute Gasteiger partial charge is 0.339 e. The number of hydrogen-bond donors (Lipinski definition) is 4. The van der Waals surface area contributed by atoms with Crippen molar-refractivity contribution in [2.75, 3.05) is 6.54 Å². The summed E-state index contributed by atoms with van der Waals surface area (Å²) in [6, 6.07) is -0.314. The molecule has 3 rings (SSSR count). The van der Waals surface area contributed by atoms with Crippen molar-refractivity contribution in [3.8, 4) is 0 Å². The first-order valence-electron chi connectivity index (χ1n) is 11.0. The summed E-state index contributed by atoms with van der Waals surface area (Å²) in [7, 11) is 0. The fraction of sp³-hybridized carbons (Fsp3) is 0.900. The van der Waals surface area contributed by atoms with E-state index in [9.17, 15) is 22.4 Å². The Morgan fingerprint density at radius 1 is 1.16 bits per heavy atom. The molecule has 1 saturated heterocycles. The molecule has 0 radical (unpaired) electrons. The van der Waals surface area contributed by atoms with Crippen LogP contribution in [0.4, 0.5) is 17.6 Å². The van der Waals surface area contributed by atoms with Crippen LogP contribution < -0.4 is 21.5 Å². The Kier molecular flexibility index (Phi) is 8.07. The van der Waals surface area contributed by atoms with E-state index in [2.05, 4.69) is 26.5 Å². The summed E-state index contributed by atoms with van der Waals surface area (Å²) in [6.45, 7) is 4.44. The molecule has 2 aliphatic carbocycles. The third-order valence-corrected chi connectivity index (χ3v) is 6.92. The number of alkyl halides is 5. The van der Waals surface area contributed by atoms with Gasteiger partial charge in [0.15, 0.2) is 5.96 Å². The lowest BCUT2D eigenvalue weighted by atomic mass is 9.78. The average Bonchev–Trinajstić information content (AvgIpc) is 3.09. The zero-order valence-corrected chi connectivity index (χ0v) is 18.6. The number of carbonyl (C=O) groups is 1. The maximum atomic E-state index is 14.0. The van der Waals surface area contributed by atoms with Crippen molar-refractivity contribution in [2.24, 2.45) is 28.7 Å². The van der Waals surface area contributed by atoms with Gasteiger partial charge >= 0.3 is 6.18 Å². The highest BCUT2D eigenvalue weighted by molar-refractivity contribution is 6.21. The molecule has 7 atom stereocenters. The largest absolute Gasteiger partial charge is 0.391 e. The van der Waals surface area contributed by atoms with Gasteiger partial charge in [0.25, 0.3) is 0 Å². The SMILES string of the molecule is CC(C)CN=C(NC(=O)C1CCC(Cl)C(F)C1)NC1NNC2CC(C(F)(F)F)CCC21. The molecular weight excluding hydrogens is 438 g/mol. The third-order valence-electron chi connectivity index (χ3n) is 6.43. The molecule has 0 aromatic rings. The molecule has 6 nitrogen and oxygen atoms in total. The fourth-order valence-electron chi connectivity index (χ4n) is 4.58. The van der Waals surface area contributed by atoms with Gasteiger partial charge in [0, 0.05) is 24.4 Å². The van der Waals surface area contributed by atoms with Crippen LogP contribution in [0.1, 0.15) is 52.4 Å². The summed E-state index contributed by atoms with van der Waals surface area (Å²) in [5.41, 5.74) is 5.98. The number of carbonyl (C=O) groups excluding carboxylic acids is 1. The maximum absolute atomic E-state index is 14.0. The average molecular weight is 470 g/mol. The van der Waals surface area contributed by atoms with Gasteiger partial charge < -0.3 is 5.32 Å². The van der Waals surface area contributed by atoms with Crippen molar-refractivity contribution in [1.82, 2.24) is 21.5 Å². The number of nitrogens with zero attached hydrogens (tertiary/aromatic N) is 1. The Bertz CT molecular complexity index is 662. The number of fused-ring (bicyclic) bond motifs is 1. The van der Waals surface area contributed by atoms with Gasteiger partial charge in [-0.2, -0.15) is 13.2 Å². The molecule has 0 spiro atoms. The fourth-order valence-corrected chi connectivity index (χ4v) is 4.81. The topological polar surface area (TPSA) is 77.5 Å². The molecule has 4 N–H and O–H groups in total. The van der Waals surface area contributed by atoms with Crippen molar-refractivity contribution in [3.63, 3.8) is 0 Å². The monoisotopic (exact) mass is 469 g/mol. The molecule has 2 saturated carbocycles. The van der Waals surface area contributed by atoms with Crippen LogP contribution in [0.15, 0.2) is 4.99 Å². The molecule has 3 fully saturated rings. The number of halogens is 5. The molecule has 31 heavy (non-hydrogen) atoms. The molecule has 178 valence electrons. The molecule has 7 unspecified atom stereocenters. The molecule has 1 amide bonds. The lowest BCUT2D eigenvalue weighted by molar-refractivity contribution is -0.185. The minimum Gasteiger partial charge on any atom is -0.339 e. The molecule has 1 heterocycles. The van der Waals surface area contributed by atoms with Crippen LogP contribution in [-0.4, -0.2) is 48.3 Å². The van der Waals surface area contributed by atoms with E-state index >= 15 is 0 Å². The molecular formula is C20H32ClF4N5O. The molecule has 0 aromatic carbocycles. The maximum Gasteiger partial charge on any atom is 0.391 e. The van der Waals surface area contributed by atoms with E-state index < -0.39 is 29.6 Å². The van der Waals surface area contributed by atoms with Crippen molar-refractivity contribution in [1.29, 1.82) is 0 Å². The minimum atomic E-state index is -4.19.